The second-order valence-corrected chi connectivity index (χ2v) is 9.39. The molecule has 1 unspecified atom stereocenters. The lowest BCUT2D eigenvalue weighted by molar-refractivity contribution is -0.133. The van der Waals surface area contributed by atoms with Gasteiger partial charge in [-0.1, -0.05) is 48.0 Å². The van der Waals surface area contributed by atoms with Crippen molar-refractivity contribution in [2.24, 2.45) is 0 Å². The highest BCUT2D eigenvalue weighted by atomic mass is 32.2. The van der Waals surface area contributed by atoms with E-state index in [2.05, 4.69) is 10.6 Å². The Balaban J connectivity index is 1.40. The molecule has 2 N–H and O–H groups in total. The molecule has 1 atom stereocenters. The van der Waals surface area contributed by atoms with Crippen LogP contribution in [0, 0.1) is 6.92 Å². The van der Waals surface area contributed by atoms with E-state index in [9.17, 15) is 14.4 Å². The first-order valence-corrected chi connectivity index (χ1v) is 11.8. The van der Waals surface area contributed by atoms with Gasteiger partial charge in [-0.25, -0.2) is 9.48 Å². The van der Waals surface area contributed by atoms with Crippen LogP contribution >= 0.6 is 11.8 Å². The molecule has 3 aromatic rings. The zero-order chi connectivity index (χ0) is 23.0. The molecule has 0 aliphatic carbocycles. The summed E-state index contributed by atoms with van der Waals surface area (Å²) < 4.78 is 1.65. The molecule has 2 fully saturated rings. The minimum Gasteiger partial charge on any atom is -0.322 e. The number of rotatable bonds is 5. The van der Waals surface area contributed by atoms with Gasteiger partial charge in [0.2, 0.25) is 5.91 Å². The number of nitrogens with zero attached hydrogens (tertiary/aromatic N) is 3. The van der Waals surface area contributed by atoms with E-state index in [-0.39, 0.29) is 12.5 Å². The lowest BCUT2D eigenvalue weighted by Crippen LogP contribution is -2.47. The molecule has 1 aromatic heterocycles. The number of amides is 4. The zero-order valence-corrected chi connectivity index (χ0v) is 18.9. The first-order valence-electron chi connectivity index (χ1n) is 10.7. The van der Waals surface area contributed by atoms with E-state index in [4.69, 9.17) is 5.10 Å². The molecule has 1 spiro atoms. The molecular weight excluding hydrogens is 438 g/mol. The van der Waals surface area contributed by atoms with Crippen molar-refractivity contribution in [2.45, 2.75) is 18.9 Å². The lowest BCUT2D eigenvalue weighted by atomic mass is 9.99. The van der Waals surface area contributed by atoms with Crippen molar-refractivity contribution >= 4 is 35.4 Å². The Morgan fingerprint density at radius 3 is 2.61 bits per heavy atom. The summed E-state index contributed by atoms with van der Waals surface area (Å²) in [6.45, 7) is 1.67. The molecule has 4 amide bonds. The van der Waals surface area contributed by atoms with Gasteiger partial charge in [0.15, 0.2) is 0 Å². The van der Waals surface area contributed by atoms with Crippen molar-refractivity contribution in [3.63, 3.8) is 0 Å². The number of para-hydroxylation sites is 1. The number of anilines is 1. The molecular formula is C24H23N5O3S. The third kappa shape index (κ3) is 4.00. The minimum absolute atomic E-state index is 0.329. The molecule has 2 saturated heterocycles. The molecule has 2 aliphatic heterocycles. The molecule has 2 aromatic carbocycles. The fourth-order valence-electron chi connectivity index (χ4n) is 4.08. The van der Waals surface area contributed by atoms with E-state index in [1.807, 2.05) is 61.5 Å². The summed E-state index contributed by atoms with van der Waals surface area (Å²) >= 11 is 1.63. The SMILES string of the molecule is Cc1ccc(-c2cc(NC(=O)CN3C(=O)NC4(CCSC4)C3=O)n(-c3ccccc3)n2)cc1. The normalized spacial score (nSPS) is 19.8. The Hall–Kier alpha value is -3.59. The Kier molecular flexibility index (Phi) is 5.41. The smallest absolute Gasteiger partial charge is 0.322 e. The van der Waals surface area contributed by atoms with Gasteiger partial charge in [-0.15, -0.1) is 0 Å². The summed E-state index contributed by atoms with van der Waals surface area (Å²) in [4.78, 5) is 39.2. The van der Waals surface area contributed by atoms with Crippen LogP contribution in [0.5, 0.6) is 0 Å². The van der Waals surface area contributed by atoms with E-state index >= 15 is 0 Å². The fourth-order valence-corrected chi connectivity index (χ4v) is 5.41. The van der Waals surface area contributed by atoms with Gasteiger partial charge < -0.3 is 10.6 Å². The highest BCUT2D eigenvalue weighted by Gasteiger charge is 2.53. The van der Waals surface area contributed by atoms with Crippen LogP contribution in [0.1, 0.15) is 12.0 Å². The summed E-state index contributed by atoms with van der Waals surface area (Å²) in [5, 5.41) is 10.3. The first-order chi connectivity index (χ1) is 15.9. The third-order valence-electron chi connectivity index (χ3n) is 5.89. The average Bonchev–Trinajstić information content (AvgIpc) is 3.51. The number of aryl methyl sites for hydroxylation is 1. The minimum atomic E-state index is -0.869. The molecule has 168 valence electrons. The quantitative estimate of drug-likeness (QED) is 0.569. The summed E-state index contributed by atoms with van der Waals surface area (Å²) in [5.74, 6) is 1.01. The number of nitrogens with one attached hydrogen (secondary N) is 2. The maximum Gasteiger partial charge on any atom is 0.325 e. The second-order valence-electron chi connectivity index (χ2n) is 8.28. The highest BCUT2D eigenvalue weighted by molar-refractivity contribution is 7.99. The largest absolute Gasteiger partial charge is 0.325 e. The predicted molar refractivity (Wildman–Crippen MR) is 127 cm³/mol. The summed E-state index contributed by atoms with van der Waals surface area (Å²) in [7, 11) is 0. The van der Waals surface area contributed by atoms with Crippen molar-refractivity contribution in [1.82, 2.24) is 20.0 Å². The van der Waals surface area contributed by atoms with E-state index < -0.39 is 17.5 Å². The van der Waals surface area contributed by atoms with Crippen LogP contribution in [0.25, 0.3) is 16.9 Å². The van der Waals surface area contributed by atoms with Crippen LogP contribution in [-0.2, 0) is 9.59 Å². The Bertz CT molecular complexity index is 1220. The average molecular weight is 462 g/mol. The number of hydrogen-bond acceptors (Lipinski definition) is 5. The van der Waals surface area contributed by atoms with Crippen molar-refractivity contribution in [2.75, 3.05) is 23.4 Å². The number of imide groups is 1. The van der Waals surface area contributed by atoms with Crippen LogP contribution in [0.3, 0.4) is 0 Å². The molecule has 0 saturated carbocycles. The summed E-state index contributed by atoms with van der Waals surface area (Å²) in [6, 6.07) is 18.7. The summed E-state index contributed by atoms with van der Waals surface area (Å²) in [5.41, 5.74) is 2.67. The van der Waals surface area contributed by atoms with Crippen LogP contribution in [0.4, 0.5) is 10.6 Å². The van der Waals surface area contributed by atoms with Gasteiger partial charge in [-0.05, 0) is 31.2 Å². The molecule has 5 rings (SSSR count). The summed E-state index contributed by atoms with van der Waals surface area (Å²) in [6.07, 6.45) is 0.584. The van der Waals surface area contributed by atoms with Crippen LogP contribution in [-0.4, -0.2) is 56.1 Å². The molecule has 0 bridgehead atoms. The fraction of sp³-hybridized carbons (Fsp3) is 0.250. The highest BCUT2D eigenvalue weighted by Crippen LogP contribution is 2.33. The van der Waals surface area contributed by atoms with Gasteiger partial charge in [0.05, 0.1) is 11.4 Å². The number of hydrogen-bond donors (Lipinski definition) is 2. The van der Waals surface area contributed by atoms with Crippen molar-refractivity contribution in [3.8, 4) is 16.9 Å². The maximum absolute atomic E-state index is 12.9. The monoisotopic (exact) mass is 461 g/mol. The number of benzene rings is 2. The van der Waals surface area contributed by atoms with Gasteiger partial charge >= 0.3 is 6.03 Å². The number of aromatic nitrogens is 2. The van der Waals surface area contributed by atoms with Gasteiger partial charge in [-0.3, -0.25) is 14.5 Å². The molecule has 0 radical (unpaired) electrons. The number of thioether (sulfide) groups is 1. The van der Waals surface area contributed by atoms with Gasteiger partial charge in [0.25, 0.3) is 5.91 Å². The van der Waals surface area contributed by atoms with Crippen molar-refractivity contribution in [1.29, 1.82) is 0 Å². The number of carbonyl (C=O) groups is 3. The van der Waals surface area contributed by atoms with Crippen molar-refractivity contribution < 1.29 is 14.4 Å². The van der Waals surface area contributed by atoms with Crippen LogP contribution < -0.4 is 10.6 Å². The lowest BCUT2D eigenvalue weighted by Gasteiger charge is -2.19. The topological polar surface area (TPSA) is 96.3 Å². The van der Waals surface area contributed by atoms with Crippen LogP contribution in [0.2, 0.25) is 0 Å². The number of carbonyl (C=O) groups excluding carboxylic acids is 3. The standard InChI is InChI=1S/C24H23N5O3S/c1-16-7-9-17(10-8-16)19-13-20(29(27-19)18-5-3-2-4-6-18)25-21(30)14-28-22(31)24(26-23(28)32)11-12-33-15-24/h2-10,13H,11-12,14-15H2,1H3,(H,25,30)(H,26,32). The van der Waals surface area contributed by atoms with Gasteiger partial charge in [0, 0.05) is 17.4 Å². The number of urea groups is 1. The molecule has 3 heterocycles. The third-order valence-corrected chi connectivity index (χ3v) is 7.08. The van der Waals surface area contributed by atoms with Gasteiger partial charge in [-0.2, -0.15) is 16.9 Å². The van der Waals surface area contributed by atoms with E-state index in [1.165, 1.54) is 0 Å². The molecule has 9 heteroatoms. The van der Waals surface area contributed by atoms with Crippen molar-refractivity contribution in [3.05, 3.63) is 66.2 Å². The second kappa shape index (κ2) is 8.40. The zero-order valence-electron chi connectivity index (χ0n) is 18.1. The Morgan fingerprint density at radius 1 is 1.15 bits per heavy atom. The van der Waals surface area contributed by atoms with Crippen LogP contribution in [0.15, 0.2) is 60.7 Å². The maximum atomic E-state index is 12.9. The Labute approximate surface area is 195 Å². The Morgan fingerprint density at radius 2 is 1.91 bits per heavy atom. The van der Waals surface area contributed by atoms with Gasteiger partial charge in [0.1, 0.15) is 17.9 Å². The van der Waals surface area contributed by atoms with E-state index in [1.54, 1.807) is 22.5 Å². The van der Waals surface area contributed by atoms with E-state index in [0.717, 1.165) is 27.5 Å². The molecule has 33 heavy (non-hydrogen) atoms. The first kappa shape index (κ1) is 21.3. The molecule has 2 aliphatic rings. The predicted octanol–water partition coefficient (Wildman–Crippen LogP) is 3.21. The molecule has 8 nitrogen and oxygen atoms in total. The van der Waals surface area contributed by atoms with E-state index in [0.29, 0.717) is 23.7 Å².